The molecule has 2 aliphatic carbocycles. The SMILES string of the molecule is CCCCCCCC(=O)N(C1CCCCCC1)[C@@H]1C=C(C(=O)NCCO)[C@@H]2c3cc(C=O)cc(OC)c3O[C@@H]2[C@H]1O. The van der Waals surface area contributed by atoms with E-state index in [1.165, 1.54) is 7.11 Å². The number of hydrogen-bond acceptors (Lipinski definition) is 7. The molecular formula is C32H46N2O7. The molecule has 9 heteroatoms. The van der Waals surface area contributed by atoms with Gasteiger partial charge in [-0.25, -0.2) is 0 Å². The first-order chi connectivity index (χ1) is 19.9. The number of hydrogen-bond donors (Lipinski definition) is 3. The van der Waals surface area contributed by atoms with Crippen LogP contribution in [0.5, 0.6) is 11.5 Å². The standard InChI is InChI=1S/C32H46N2O7/c1-3-4-5-6-11-14-27(37)34(22-12-9-7-8-10-13-22)25-19-24(32(39)33-15-16-35)28-23-17-21(20-36)18-26(40-2)30(23)41-31(28)29(25)38/h17-20,22,25,28-29,31,35,38H,3-16H2,1-2H3,(H,33,39)/t25-,28+,29+,31+/m1/s1. The van der Waals surface area contributed by atoms with Crippen molar-refractivity contribution in [1.82, 2.24) is 10.2 Å². The number of benzene rings is 1. The molecule has 3 N–H and O–H groups in total. The minimum Gasteiger partial charge on any atom is -0.493 e. The van der Waals surface area contributed by atoms with Gasteiger partial charge >= 0.3 is 0 Å². The van der Waals surface area contributed by atoms with E-state index < -0.39 is 30.1 Å². The smallest absolute Gasteiger partial charge is 0.247 e. The first-order valence-corrected chi connectivity index (χ1v) is 15.4. The number of aliphatic hydroxyl groups is 2. The van der Waals surface area contributed by atoms with Crippen LogP contribution in [0.15, 0.2) is 23.8 Å². The molecule has 1 fully saturated rings. The zero-order chi connectivity index (χ0) is 29.4. The van der Waals surface area contributed by atoms with Crippen molar-refractivity contribution < 1.29 is 34.1 Å². The third kappa shape index (κ3) is 6.95. The van der Waals surface area contributed by atoms with Crippen LogP contribution in [-0.2, 0) is 9.59 Å². The Labute approximate surface area is 243 Å². The molecule has 226 valence electrons. The lowest BCUT2D eigenvalue weighted by atomic mass is 9.76. The molecule has 1 saturated carbocycles. The summed E-state index contributed by atoms with van der Waals surface area (Å²) in [6.07, 6.45) is 12.0. The minimum absolute atomic E-state index is 0.00130. The summed E-state index contributed by atoms with van der Waals surface area (Å²) in [4.78, 5) is 41.0. The van der Waals surface area contributed by atoms with Crippen molar-refractivity contribution in [3.8, 4) is 11.5 Å². The number of nitrogens with one attached hydrogen (secondary N) is 1. The maximum atomic E-state index is 13.9. The van der Waals surface area contributed by atoms with Crippen LogP contribution in [0.1, 0.15) is 106 Å². The number of aliphatic hydroxyl groups excluding tert-OH is 2. The Balaban J connectivity index is 1.74. The van der Waals surface area contributed by atoms with Crippen LogP contribution in [-0.4, -0.2) is 77.8 Å². The third-order valence-corrected chi connectivity index (χ3v) is 8.73. The van der Waals surface area contributed by atoms with Gasteiger partial charge in [0.25, 0.3) is 0 Å². The number of unbranched alkanes of at least 4 members (excludes halogenated alkanes) is 4. The number of nitrogens with zero attached hydrogens (tertiary/aromatic N) is 1. The number of rotatable bonds is 13. The molecular weight excluding hydrogens is 524 g/mol. The highest BCUT2D eigenvalue weighted by Crippen LogP contribution is 2.51. The number of carbonyl (C=O) groups is 3. The molecule has 4 rings (SSSR count). The molecule has 9 nitrogen and oxygen atoms in total. The van der Waals surface area contributed by atoms with E-state index in [0.717, 1.165) is 70.6 Å². The maximum Gasteiger partial charge on any atom is 0.247 e. The molecule has 0 spiro atoms. The quantitative estimate of drug-likeness (QED) is 0.186. The predicted molar refractivity (Wildman–Crippen MR) is 155 cm³/mol. The van der Waals surface area contributed by atoms with Gasteiger partial charge in [-0.05, 0) is 37.5 Å². The van der Waals surface area contributed by atoms with Gasteiger partial charge in [0, 0.05) is 35.7 Å². The molecule has 41 heavy (non-hydrogen) atoms. The second-order valence-electron chi connectivity index (χ2n) is 11.5. The van der Waals surface area contributed by atoms with Gasteiger partial charge in [0.05, 0.1) is 25.7 Å². The number of amides is 2. The molecule has 1 aromatic carbocycles. The second kappa shape index (κ2) is 14.8. The second-order valence-corrected chi connectivity index (χ2v) is 11.5. The van der Waals surface area contributed by atoms with Crippen molar-refractivity contribution in [3.63, 3.8) is 0 Å². The topological polar surface area (TPSA) is 125 Å². The number of methoxy groups -OCH3 is 1. The van der Waals surface area contributed by atoms with Crippen molar-refractivity contribution in [2.24, 2.45) is 0 Å². The van der Waals surface area contributed by atoms with Gasteiger partial charge in [-0.15, -0.1) is 0 Å². The number of fused-ring (bicyclic) bond motifs is 3. The molecule has 0 bridgehead atoms. The highest BCUT2D eigenvalue weighted by atomic mass is 16.5. The van der Waals surface area contributed by atoms with E-state index in [4.69, 9.17) is 9.47 Å². The fourth-order valence-electron chi connectivity index (χ4n) is 6.69. The van der Waals surface area contributed by atoms with Crippen LogP contribution in [0, 0.1) is 0 Å². The van der Waals surface area contributed by atoms with E-state index in [0.29, 0.717) is 40.9 Å². The van der Waals surface area contributed by atoms with Gasteiger partial charge in [-0.3, -0.25) is 14.4 Å². The highest BCUT2D eigenvalue weighted by molar-refractivity contribution is 5.96. The summed E-state index contributed by atoms with van der Waals surface area (Å²) in [6.45, 7) is 2.01. The average molecular weight is 571 g/mol. The number of carbonyl (C=O) groups excluding carboxylic acids is 3. The largest absolute Gasteiger partial charge is 0.493 e. The Kier molecular flexibility index (Phi) is 11.2. The van der Waals surface area contributed by atoms with Crippen LogP contribution in [0.2, 0.25) is 0 Å². The fourth-order valence-corrected chi connectivity index (χ4v) is 6.69. The Morgan fingerprint density at radius 3 is 2.51 bits per heavy atom. The van der Waals surface area contributed by atoms with Gasteiger partial charge in [0.2, 0.25) is 11.8 Å². The summed E-state index contributed by atoms with van der Waals surface area (Å²) in [5, 5.41) is 24.0. The summed E-state index contributed by atoms with van der Waals surface area (Å²) in [5.74, 6) is -0.327. The molecule has 0 radical (unpaired) electrons. The van der Waals surface area contributed by atoms with Crippen molar-refractivity contribution in [2.75, 3.05) is 20.3 Å². The lowest BCUT2D eigenvalue weighted by molar-refractivity contribution is -0.141. The monoisotopic (exact) mass is 570 g/mol. The van der Waals surface area contributed by atoms with Crippen molar-refractivity contribution in [3.05, 3.63) is 34.9 Å². The normalized spacial score (nSPS) is 23.9. The summed E-state index contributed by atoms with van der Waals surface area (Å²) < 4.78 is 11.8. The van der Waals surface area contributed by atoms with Crippen molar-refractivity contribution in [1.29, 1.82) is 0 Å². The summed E-state index contributed by atoms with van der Waals surface area (Å²) >= 11 is 0. The molecule has 0 aromatic heterocycles. The number of ether oxygens (including phenoxy) is 2. The zero-order valence-corrected chi connectivity index (χ0v) is 24.5. The number of aldehydes is 1. The van der Waals surface area contributed by atoms with E-state index in [9.17, 15) is 24.6 Å². The lowest BCUT2D eigenvalue weighted by Crippen LogP contribution is -2.58. The first kappa shape index (κ1) is 31.0. The Morgan fingerprint density at radius 2 is 1.85 bits per heavy atom. The van der Waals surface area contributed by atoms with Crippen molar-refractivity contribution in [2.45, 2.75) is 114 Å². The van der Waals surface area contributed by atoms with Crippen LogP contribution < -0.4 is 14.8 Å². The molecule has 1 aromatic rings. The molecule has 4 atom stereocenters. The van der Waals surface area contributed by atoms with E-state index >= 15 is 0 Å². The molecule has 1 aliphatic heterocycles. The Bertz CT molecular complexity index is 1100. The first-order valence-electron chi connectivity index (χ1n) is 15.4. The van der Waals surface area contributed by atoms with E-state index in [1.54, 1.807) is 18.2 Å². The average Bonchev–Trinajstić information content (AvgIpc) is 3.17. The van der Waals surface area contributed by atoms with Gasteiger partial charge in [0.15, 0.2) is 11.5 Å². The van der Waals surface area contributed by atoms with Gasteiger partial charge in [-0.1, -0.05) is 58.3 Å². The molecule has 1 heterocycles. The maximum absolute atomic E-state index is 13.9. The van der Waals surface area contributed by atoms with Crippen LogP contribution in [0.3, 0.4) is 0 Å². The Hall–Kier alpha value is -2.91. The van der Waals surface area contributed by atoms with E-state index in [2.05, 4.69) is 12.2 Å². The summed E-state index contributed by atoms with van der Waals surface area (Å²) in [6, 6.07) is 2.46. The predicted octanol–water partition coefficient (Wildman–Crippen LogP) is 4.04. The molecule has 2 amide bonds. The van der Waals surface area contributed by atoms with E-state index in [-0.39, 0.29) is 25.1 Å². The summed E-state index contributed by atoms with van der Waals surface area (Å²) in [7, 11) is 1.48. The van der Waals surface area contributed by atoms with Crippen LogP contribution >= 0.6 is 0 Å². The fraction of sp³-hybridized carbons (Fsp3) is 0.656. The van der Waals surface area contributed by atoms with Crippen molar-refractivity contribution >= 4 is 18.1 Å². The van der Waals surface area contributed by atoms with Crippen LogP contribution in [0.4, 0.5) is 0 Å². The highest BCUT2D eigenvalue weighted by Gasteiger charge is 2.52. The molecule has 0 saturated heterocycles. The zero-order valence-electron chi connectivity index (χ0n) is 24.5. The van der Waals surface area contributed by atoms with E-state index in [1.807, 2.05) is 4.90 Å². The third-order valence-electron chi connectivity index (χ3n) is 8.73. The molecule has 0 unspecified atom stereocenters. The summed E-state index contributed by atoms with van der Waals surface area (Å²) in [5.41, 5.74) is 1.31. The van der Waals surface area contributed by atoms with Gasteiger partial charge in [-0.2, -0.15) is 0 Å². The Morgan fingerprint density at radius 1 is 1.12 bits per heavy atom. The van der Waals surface area contributed by atoms with Gasteiger partial charge < -0.3 is 29.9 Å². The van der Waals surface area contributed by atoms with Gasteiger partial charge in [0.1, 0.15) is 18.5 Å². The molecule has 3 aliphatic rings. The lowest BCUT2D eigenvalue weighted by Gasteiger charge is -2.44. The minimum atomic E-state index is -1.10. The van der Waals surface area contributed by atoms with Crippen LogP contribution in [0.25, 0.3) is 0 Å².